The van der Waals surface area contributed by atoms with Crippen molar-refractivity contribution in [2.75, 3.05) is 0 Å². The van der Waals surface area contributed by atoms with E-state index in [1.54, 1.807) is 48.5 Å². The van der Waals surface area contributed by atoms with E-state index in [0.29, 0.717) is 17.1 Å². The lowest BCUT2D eigenvalue weighted by Gasteiger charge is -2.10. The minimum absolute atomic E-state index is 0.101. The van der Waals surface area contributed by atoms with E-state index < -0.39 is 11.9 Å². The molecule has 5 nitrogen and oxygen atoms in total. The highest BCUT2D eigenvalue weighted by Gasteiger charge is 2.08. The number of nitrogens with two attached hydrogens (primary N) is 1. The van der Waals surface area contributed by atoms with Crippen molar-refractivity contribution >= 4 is 11.9 Å². The third-order valence-corrected chi connectivity index (χ3v) is 2.84. The molecule has 0 spiro atoms. The van der Waals surface area contributed by atoms with Gasteiger partial charge in [0.25, 0.3) is 0 Å². The van der Waals surface area contributed by atoms with Gasteiger partial charge in [-0.3, -0.25) is 9.59 Å². The predicted octanol–water partition coefficient (Wildman–Crippen LogP) is 2.13. The molecule has 0 saturated carbocycles. The summed E-state index contributed by atoms with van der Waals surface area (Å²) in [7, 11) is 0. The Balaban J connectivity index is 2.14. The number of hydrogen-bond donors (Lipinski definition) is 2. The van der Waals surface area contributed by atoms with Crippen LogP contribution in [0.15, 0.2) is 48.5 Å². The standard InChI is InChI=1S/C16H15NO4/c17-15(18)9-11-5-7-13(8-6-11)21-14-4-2-1-3-12(14)10-16(19)20/h1-8H,9-10H2,(H2,17,18)(H,19,20). The molecule has 3 N–H and O–H groups in total. The summed E-state index contributed by atoms with van der Waals surface area (Å²) in [5.74, 6) is -0.234. The van der Waals surface area contributed by atoms with Crippen molar-refractivity contribution in [2.24, 2.45) is 5.73 Å². The molecule has 0 saturated heterocycles. The fourth-order valence-corrected chi connectivity index (χ4v) is 1.92. The summed E-state index contributed by atoms with van der Waals surface area (Å²) < 4.78 is 5.69. The number of carboxylic acid groups (broad SMARTS) is 1. The molecule has 0 unspecified atom stereocenters. The van der Waals surface area contributed by atoms with Gasteiger partial charge < -0.3 is 15.6 Å². The maximum Gasteiger partial charge on any atom is 0.307 e. The molecule has 0 aliphatic heterocycles. The van der Waals surface area contributed by atoms with Crippen molar-refractivity contribution in [3.8, 4) is 11.5 Å². The Labute approximate surface area is 122 Å². The Morgan fingerprint density at radius 2 is 1.67 bits per heavy atom. The van der Waals surface area contributed by atoms with Gasteiger partial charge in [0.1, 0.15) is 11.5 Å². The van der Waals surface area contributed by atoms with Gasteiger partial charge in [-0.15, -0.1) is 0 Å². The van der Waals surface area contributed by atoms with Crippen molar-refractivity contribution in [2.45, 2.75) is 12.8 Å². The molecule has 0 fully saturated rings. The summed E-state index contributed by atoms with van der Waals surface area (Å²) in [6.45, 7) is 0. The fraction of sp³-hybridized carbons (Fsp3) is 0.125. The van der Waals surface area contributed by atoms with Gasteiger partial charge in [-0.05, 0) is 23.8 Å². The van der Waals surface area contributed by atoms with Crippen LogP contribution in [0.3, 0.4) is 0 Å². The number of ether oxygens (including phenoxy) is 1. The van der Waals surface area contributed by atoms with E-state index in [0.717, 1.165) is 5.56 Å². The third kappa shape index (κ3) is 4.35. The lowest BCUT2D eigenvalue weighted by molar-refractivity contribution is -0.136. The van der Waals surface area contributed by atoms with Crippen LogP contribution in [0.2, 0.25) is 0 Å². The highest BCUT2D eigenvalue weighted by Crippen LogP contribution is 2.26. The molecule has 5 heteroatoms. The molecule has 0 aliphatic rings. The van der Waals surface area contributed by atoms with Gasteiger partial charge in [-0.1, -0.05) is 30.3 Å². The molecule has 0 atom stereocenters. The molecule has 0 heterocycles. The Morgan fingerprint density at radius 3 is 2.29 bits per heavy atom. The Kier molecular flexibility index (Phi) is 4.56. The fourth-order valence-electron chi connectivity index (χ4n) is 1.92. The highest BCUT2D eigenvalue weighted by atomic mass is 16.5. The van der Waals surface area contributed by atoms with Crippen molar-refractivity contribution in [1.29, 1.82) is 0 Å². The summed E-state index contributed by atoms with van der Waals surface area (Å²) in [6, 6.07) is 13.9. The maximum atomic E-state index is 10.8. The quantitative estimate of drug-likeness (QED) is 0.850. The number of benzene rings is 2. The number of primary amides is 1. The second kappa shape index (κ2) is 6.56. The number of para-hydroxylation sites is 1. The van der Waals surface area contributed by atoms with Crippen LogP contribution in [-0.2, 0) is 22.4 Å². The molecule has 0 bridgehead atoms. The van der Waals surface area contributed by atoms with Crippen LogP contribution in [0.25, 0.3) is 0 Å². The highest BCUT2D eigenvalue weighted by molar-refractivity contribution is 5.76. The van der Waals surface area contributed by atoms with E-state index in [1.807, 2.05) is 0 Å². The van der Waals surface area contributed by atoms with Gasteiger partial charge in [-0.2, -0.15) is 0 Å². The summed E-state index contributed by atoms with van der Waals surface area (Å²) >= 11 is 0. The van der Waals surface area contributed by atoms with E-state index in [4.69, 9.17) is 15.6 Å². The largest absolute Gasteiger partial charge is 0.481 e. The zero-order valence-electron chi connectivity index (χ0n) is 11.3. The molecule has 108 valence electrons. The number of carbonyl (C=O) groups excluding carboxylic acids is 1. The van der Waals surface area contributed by atoms with Gasteiger partial charge in [0.15, 0.2) is 0 Å². The van der Waals surface area contributed by atoms with Gasteiger partial charge in [0.2, 0.25) is 5.91 Å². The predicted molar refractivity (Wildman–Crippen MR) is 77.2 cm³/mol. The number of amides is 1. The Morgan fingerprint density at radius 1 is 1.00 bits per heavy atom. The second-order valence-corrected chi connectivity index (χ2v) is 4.57. The molecule has 2 aromatic carbocycles. The van der Waals surface area contributed by atoms with Crippen molar-refractivity contribution in [3.63, 3.8) is 0 Å². The average Bonchev–Trinajstić information content (AvgIpc) is 2.42. The van der Waals surface area contributed by atoms with E-state index in [9.17, 15) is 9.59 Å². The van der Waals surface area contributed by atoms with E-state index in [2.05, 4.69) is 0 Å². The van der Waals surface area contributed by atoms with Crippen LogP contribution >= 0.6 is 0 Å². The number of hydrogen-bond acceptors (Lipinski definition) is 3. The van der Waals surface area contributed by atoms with E-state index in [-0.39, 0.29) is 12.8 Å². The Hall–Kier alpha value is -2.82. The van der Waals surface area contributed by atoms with Gasteiger partial charge in [0.05, 0.1) is 12.8 Å². The zero-order valence-corrected chi connectivity index (χ0v) is 11.3. The molecule has 2 aromatic rings. The normalized spacial score (nSPS) is 10.1. The molecule has 1 amide bonds. The average molecular weight is 285 g/mol. The number of aliphatic carboxylic acids is 1. The third-order valence-electron chi connectivity index (χ3n) is 2.84. The topological polar surface area (TPSA) is 89.6 Å². The molecule has 2 rings (SSSR count). The first-order chi connectivity index (χ1) is 10.0. The second-order valence-electron chi connectivity index (χ2n) is 4.57. The molecular weight excluding hydrogens is 270 g/mol. The van der Waals surface area contributed by atoms with Gasteiger partial charge in [-0.25, -0.2) is 0 Å². The Bertz CT molecular complexity index is 650. The summed E-state index contributed by atoms with van der Waals surface area (Å²) in [5, 5.41) is 8.88. The molecule has 21 heavy (non-hydrogen) atoms. The lowest BCUT2D eigenvalue weighted by atomic mass is 10.1. The van der Waals surface area contributed by atoms with Gasteiger partial charge in [0, 0.05) is 5.56 Å². The number of carbonyl (C=O) groups is 2. The van der Waals surface area contributed by atoms with Crippen LogP contribution < -0.4 is 10.5 Å². The minimum Gasteiger partial charge on any atom is -0.481 e. The van der Waals surface area contributed by atoms with Crippen molar-refractivity contribution in [1.82, 2.24) is 0 Å². The molecular formula is C16H15NO4. The summed E-state index contributed by atoms with van der Waals surface area (Å²) in [6.07, 6.45) is 0.0752. The van der Waals surface area contributed by atoms with Crippen LogP contribution in [0, 0.1) is 0 Å². The van der Waals surface area contributed by atoms with Crippen LogP contribution in [0.5, 0.6) is 11.5 Å². The first-order valence-electron chi connectivity index (χ1n) is 6.39. The number of carboxylic acids is 1. The van der Waals surface area contributed by atoms with E-state index >= 15 is 0 Å². The number of rotatable bonds is 6. The van der Waals surface area contributed by atoms with Crippen molar-refractivity contribution < 1.29 is 19.4 Å². The molecule has 0 aromatic heterocycles. The van der Waals surface area contributed by atoms with Crippen LogP contribution in [0.4, 0.5) is 0 Å². The minimum atomic E-state index is -0.914. The monoisotopic (exact) mass is 285 g/mol. The van der Waals surface area contributed by atoms with Crippen LogP contribution in [0.1, 0.15) is 11.1 Å². The van der Waals surface area contributed by atoms with E-state index in [1.165, 1.54) is 0 Å². The molecule has 0 radical (unpaired) electrons. The first kappa shape index (κ1) is 14.6. The maximum absolute atomic E-state index is 10.8. The zero-order chi connectivity index (χ0) is 15.2. The summed E-state index contributed by atoms with van der Waals surface area (Å²) in [5.41, 5.74) is 6.53. The summed E-state index contributed by atoms with van der Waals surface area (Å²) in [4.78, 5) is 21.6. The van der Waals surface area contributed by atoms with Crippen LogP contribution in [-0.4, -0.2) is 17.0 Å². The lowest BCUT2D eigenvalue weighted by Crippen LogP contribution is -2.13. The van der Waals surface area contributed by atoms with Crippen molar-refractivity contribution in [3.05, 3.63) is 59.7 Å². The smallest absolute Gasteiger partial charge is 0.307 e. The molecule has 0 aliphatic carbocycles. The first-order valence-corrected chi connectivity index (χ1v) is 6.39. The van der Waals surface area contributed by atoms with Gasteiger partial charge >= 0.3 is 5.97 Å². The SMILES string of the molecule is NC(=O)Cc1ccc(Oc2ccccc2CC(=O)O)cc1.